The smallest absolute Gasteiger partial charge is 0.248 e. The van der Waals surface area contributed by atoms with Gasteiger partial charge in [-0.2, -0.15) is 0 Å². The van der Waals surface area contributed by atoms with Gasteiger partial charge in [0.2, 0.25) is 5.91 Å². The Bertz CT molecular complexity index is 880. The summed E-state index contributed by atoms with van der Waals surface area (Å²) in [5.41, 5.74) is 3.18. The summed E-state index contributed by atoms with van der Waals surface area (Å²) in [6.45, 7) is 9.40. The molecular formula is C23H30N4O3. The van der Waals surface area contributed by atoms with Crippen molar-refractivity contribution in [3.63, 3.8) is 0 Å². The molecule has 0 bridgehead atoms. The van der Waals surface area contributed by atoms with Crippen LogP contribution in [0.25, 0.3) is 0 Å². The number of carbonyl (C=O) groups excluding carboxylic acids is 1. The molecule has 30 heavy (non-hydrogen) atoms. The lowest BCUT2D eigenvalue weighted by atomic mass is 10.0. The van der Waals surface area contributed by atoms with E-state index in [1.165, 1.54) is 0 Å². The van der Waals surface area contributed by atoms with Crippen molar-refractivity contribution >= 4 is 11.7 Å². The van der Waals surface area contributed by atoms with E-state index in [1.807, 2.05) is 42.2 Å². The zero-order chi connectivity index (χ0) is 21.1. The molecule has 0 radical (unpaired) electrons. The van der Waals surface area contributed by atoms with Crippen LogP contribution >= 0.6 is 0 Å². The maximum absolute atomic E-state index is 12.8. The molecule has 7 heteroatoms. The number of hydrogen-bond acceptors (Lipinski definition) is 6. The Morgan fingerprint density at radius 3 is 2.63 bits per heavy atom. The van der Waals surface area contributed by atoms with Crippen LogP contribution in [0.2, 0.25) is 0 Å². The van der Waals surface area contributed by atoms with Crippen LogP contribution in [0.5, 0.6) is 0 Å². The van der Waals surface area contributed by atoms with Crippen LogP contribution in [0.3, 0.4) is 0 Å². The van der Waals surface area contributed by atoms with Gasteiger partial charge in [-0.3, -0.25) is 4.79 Å². The van der Waals surface area contributed by atoms with Crippen LogP contribution < -0.4 is 4.90 Å². The largest absolute Gasteiger partial charge is 0.372 e. The molecule has 0 spiro atoms. The minimum absolute atomic E-state index is 0.00631. The molecule has 0 aliphatic carbocycles. The molecule has 0 saturated carbocycles. The molecule has 1 fully saturated rings. The predicted octanol–water partition coefficient (Wildman–Crippen LogP) is 2.50. The van der Waals surface area contributed by atoms with E-state index in [0.29, 0.717) is 19.7 Å². The van der Waals surface area contributed by atoms with Gasteiger partial charge in [-0.1, -0.05) is 30.3 Å². The standard InChI is InChI=1S/C23H30N4O3/c1-16-11-27(12-17(2)30-16)23-20-13-26(10-9-21(20)24-18(3)25-23)22(28)15-29-14-19-7-5-4-6-8-19/h4-8,16-17H,9-15H2,1-3H3. The number of fused-ring (bicyclic) bond motifs is 1. The van der Waals surface area contributed by atoms with Crippen molar-refractivity contribution < 1.29 is 14.3 Å². The fourth-order valence-electron chi connectivity index (χ4n) is 4.26. The molecule has 1 aromatic heterocycles. The molecule has 2 atom stereocenters. The summed E-state index contributed by atoms with van der Waals surface area (Å²) in [6, 6.07) is 9.91. The summed E-state index contributed by atoms with van der Waals surface area (Å²) in [4.78, 5) is 26.4. The third-order valence-corrected chi connectivity index (χ3v) is 5.56. The molecule has 2 aliphatic rings. The number of carbonyl (C=O) groups is 1. The van der Waals surface area contributed by atoms with E-state index in [1.54, 1.807) is 0 Å². The summed E-state index contributed by atoms with van der Waals surface area (Å²) in [5.74, 6) is 1.73. The number of benzene rings is 1. The molecule has 0 N–H and O–H groups in total. The number of aryl methyl sites for hydroxylation is 1. The van der Waals surface area contributed by atoms with Gasteiger partial charge >= 0.3 is 0 Å². The van der Waals surface area contributed by atoms with Crippen LogP contribution in [0.4, 0.5) is 5.82 Å². The van der Waals surface area contributed by atoms with E-state index in [2.05, 4.69) is 23.7 Å². The highest BCUT2D eigenvalue weighted by Gasteiger charge is 2.30. The topological polar surface area (TPSA) is 67.8 Å². The quantitative estimate of drug-likeness (QED) is 0.755. The molecule has 1 saturated heterocycles. The van der Waals surface area contributed by atoms with E-state index in [4.69, 9.17) is 14.5 Å². The van der Waals surface area contributed by atoms with Crippen molar-refractivity contribution in [1.82, 2.24) is 14.9 Å². The molecular weight excluding hydrogens is 380 g/mol. The van der Waals surface area contributed by atoms with E-state index in [9.17, 15) is 4.79 Å². The highest BCUT2D eigenvalue weighted by molar-refractivity contribution is 5.78. The van der Waals surface area contributed by atoms with Crippen LogP contribution in [-0.2, 0) is 33.8 Å². The van der Waals surface area contributed by atoms with Gasteiger partial charge in [0.15, 0.2) is 0 Å². The minimum Gasteiger partial charge on any atom is -0.372 e. The maximum atomic E-state index is 12.8. The Morgan fingerprint density at radius 2 is 1.90 bits per heavy atom. The van der Waals surface area contributed by atoms with E-state index < -0.39 is 0 Å². The first kappa shape index (κ1) is 20.8. The lowest BCUT2D eigenvalue weighted by molar-refractivity contribution is -0.137. The third-order valence-electron chi connectivity index (χ3n) is 5.56. The van der Waals surface area contributed by atoms with Gasteiger partial charge in [0.05, 0.1) is 31.1 Å². The van der Waals surface area contributed by atoms with Gasteiger partial charge in [-0.15, -0.1) is 0 Å². The number of anilines is 1. The fraction of sp³-hybridized carbons (Fsp3) is 0.522. The molecule has 2 aromatic rings. The van der Waals surface area contributed by atoms with Crippen molar-refractivity contribution in [2.75, 3.05) is 31.1 Å². The second kappa shape index (κ2) is 9.10. The van der Waals surface area contributed by atoms with Crippen LogP contribution in [0.1, 0.15) is 36.5 Å². The van der Waals surface area contributed by atoms with Crippen molar-refractivity contribution in [2.45, 2.75) is 52.6 Å². The average molecular weight is 411 g/mol. The Labute approximate surface area is 178 Å². The van der Waals surface area contributed by atoms with E-state index in [-0.39, 0.29) is 24.7 Å². The van der Waals surface area contributed by atoms with E-state index >= 15 is 0 Å². The summed E-state index contributed by atoms with van der Waals surface area (Å²) in [7, 11) is 0. The fourth-order valence-corrected chi connectivity index (χ4v) is 4.26. The monoisotopic (exact) mass is 410 g/mol. The number of aromatic nitrogens is 2. The van der Waals surface area contributed by atoms with Crippen molar-refractivity contribution in [3.05, 3.63) is 53.0 Å². The van der Waals surface area contributed by atoms with Gasteiger partial charge in [0.25, 0.3) is 0 Å². The second-order valence-corrected chi connectivity index (χ2v) is 8.23. The van der Waals surface area contributed by atoms with Crippen molar-refractivity contribution in [1.29, 1.82) is 0 Å². The molecule has 1 amide bonds. The first-order valence-corrected chi connectivity index (χ1v) is 10.7. The van der Waals surface area contributed by atoms with Gasteiger partial charge in [0.1, 0.15) is 18.2 Å². The average Bonchev–Trinajstić information content (AvgIpc) is 2.73. The number of ether oxygens (including phenoxy) is 2. The highest BCUT2D eigenvalue weighted by atomic mass is 16.5. The molecule has 1 aromatic carbocycles. The van der Waals surface area contributed by atoms with Gasteiger partial charge in [-0.25, -0.2) is 9.97 Å². The SMILES string of the molecule is Cc1nc2c(c(N3CC(C)OC(C)C3)n1)CN(C(=O)COCc1ccccc1)CC2. The number of nitrogens with zero attached hydrogens (tertiary/aromatic N) is 4. The normalized spacial score (nSPS) is 21.4. The summed E-state index contributed by atoms with van der Waals surface area (Å²) >= 11 is 0. The summed E-state index contributed by atoms with van der Waals surface area (Å²) < 4.78 is 11.6. The maximum Gasteiger partial charge on any atom is 0.248 e. The molecule has 2 aliphatic heterocycles. The first-order valence-electron chi connectivity index (χ1n) is 10.7. The lowest BCUT2D eigenvalue weighted by Gasteiger charge is -2.38. The second-order valence-electron chi connectivity index (χ2n) is 8.23. The molecule has 7 nitrogen and oxygen atoms in total. The number of amides is 1. The summed E-state index contributed by atoms with van der Waals surface area (Å²) in [5, 5.41) is 0. The van der Waals surface area contributed by atoms with Crippen molar-refractivity contribution in [3.8, 4) is 0 Å². The first-order chi connectivity index (χ1) is 14.5. The molecule has 160 valence electrons. The van der Waals surface area contributed by atoms with Crippen molar-refractivity contribution in [2.24, 2.45) is 0 Å². The molecule has 4 rings (SSSR count). The predicted molar refractivity (Wildman–Crippen MR) is 114 cm³/mol. The van der Waals surface area contributed by atoms with Crippen LogP contribution in [0.15, 0.2) is 30.3 Å². The zero-order valence-electron chi connectivity index (χ0n) is 18.0. The van der Waals surface area contributed by atoms with Gasteiger partial charge in [0, 0.05) is 31.6 Å². The van der Waals surface area contributed by atoms with Gasteiger partial charge < -0.3 is 19.3 Å². The Kier molecular flexibility index (Phi) is 6.29. The number of rotatable bonds is 5. The third kappa shape index (κ3) is 4.79. The van der Waals surface area contributed by atoms with Gasteiger partial charge in [-0.05, 0) is 26.3 Å². The lowest BCUT2D eigenvalue weighted by Crippen LogP contribution is -2.47. The van der Waals surface area contributed by atoms with E-state index in [0.717, 1.165) is 48.0 Å². The Morgan fingerprint density at radius 1 is 1.17 bits per heavy atom. The Balaban J connectivity index is 1.45. The van der Waals surface area contributed by atoms with Crippen LogP contribution in [0, 0.1) is 6.92 Å². The number of hydrogen-bond donors (Lipinski definition) is 0. The minimum atomic E-state index is 0.00631. The zero-order valence-corrected chi connectivity index (χ0v) is 18.0. The Hall–Kier alpha value is -2.51. The highest BCUT2D eigenvalue weighted by Crippen LogP contribution is 2.29. The summed E-state index contributed by atoms with van der Waals surface area (Å²) in [6.07, 6.45) is 1.03. The molecule has 2 unspecified atom stereocenters. The van der Waals surface area contributed by atoms with Crippen LogP contribution in [-0.4, -0.2) is 59.2 Å². The number of morpholine rings is 1. The molecule has 3 heterocycles.